The highest BCUT2D eigenvalue weighted by Gasteiger charge is 1.99. The summed E-state index contributed by atoms with van der Waals surface area (Å²) in [6.45, 7) is -0.361. The monoisotopic (exact) mass is 200 g/mol. The molecule has 0 aliphatic rings. The molecule has 0 saturated carbocycles. The molecule has 0 heterocycles. The van der Waals surface area contributed by atoms with Crippen molar-refractivity contribution in [2.24, 2.45) is 0 Å². The minimum atomic E-state index is -3.94. The van der Waals surface area contributed by atoms with Gasteiger partial charge in [0.15, 0.2) is 0 Å². The fourth-order valence-electron chi connectivity index (χ4n) is 0.447. The molecular weight excluding hydrogens is 191 g/mol. The molecule has 1 unspecified atom stereocenters. The molecule has 10 heavy (non-hydrogen) atoms. The lowest BCUT2D eigenvalue weighted by Gasteiger charge is -2.36. The van der Waals surface area contributed by atoms with Gasteiger partial charge in [0.05, 0.1) is 0 Å². The summed E-state index contributed by atoms with van der Waals surface area (Å²) in [6.07, 6.45) is 0. The molecule has 0 N–H and O–H groups in total. The van der Waals surface area contributed by atoms with Gasteiger partial charge in [0.25, 0.3) is 0 Å². The summed E-state index contributed by atoms with van der Waals surface area (Å²) >= 11 is 5.44. The zero-order valence-corrected chi connectivity index (χ0v) is 8.30. The molecule has 0 saturated heterocycles. The third kappa shape index (κ3) is 6.99. The molecule has 0 fully saturated rings. The molecule has 0 bridgehead atoms. The number of hydrogen-bond acceptors (Lipinski definition) is 5. The van der Waals surface area contributed by atoms with Crippen LogP contribution in [0.5, 0.6) is 0 Å². The van der Waals surface area contributed by atoms with Gasteiger partial charge in [0, 0.05) is 0 Å². The van der Waals surface area contributed by atoms with E-state index in [-0.39, 0.29) is 5.44 Å². The summed E-state index contributed by atoms with van der Waals surface area (Å²) < 4.78 is 4.46. The molecule has 0 aromatic rings. The summed E-state index contributed by atoms with van der Waals surface area (Å²) in [6, 6.07) is 0. The zero-order valence-electron chi connectivity index (χ0n) is 5.77. The topological polar surface area (TPSA) is 55.3 Å². The Morgan fingerprint density at radius 3 is 2.50 bits per heavy atom. The number of hydrogen-bond donors (Lipinski definition) is 0. The molecule has 0 aromatic heterocycles. The molecule has 0 aromatic carbocycles. The van der Waals surface area contributed by atoms with Gasteiger partial charge in [-0.15, -0.1) is 23.6 Å². The Balaban J connectivity index is 3.58. The van der Waals surface area contributed by atoms with E-state index in [1.165, 1.54) is 11.8 Å². The lowest BCUT2D eigenvalue weighted by molar-refractivity contribution is -0.321. The minimum absolute atomic E-state index is 0.356. The van der Waals surface area contributed by atoms with E-state index in [9.17, 15) is 9.79 Å². The first kappa shape index (κ1) is 10.9. The fraction of sp³-hybridized carbons (Fsp3) is 1.00. The zero-order chi connectivity index (χ0) is 8.20. The maximum absolute atomic E-state index is 10.3. The molecule has 0 radical (unpaired) electrons. The first-order valence-electron chi connectivity index (χ1n) is 2.77. The Kier molecular flexibility index (Phi) is 5.11. The smallest absolute Gasteiger partial charge is 0.102 e. The lowest BCUT2D eigenvalue weighted by Crippen LogP contribution is -2.19. The van der Waals surface area contributed by atoms with Crippen molar-refractivity contribution in [1.82, 2.24) is 0 Å². The summed E-state index contributed by atoms with van der Waals surface area (Å²) in [5, 5.41) is 0. The normalized spacial score (nSPS) is 15.2. The average molecular weight is 200 g/mol. The van der Waals surface area contributed by atoms with E-state index in [0.29, 0.717) is 0 Å². The molecule has 0 rings (SSSR count). The first-order valence-corrected chi connectivity index (χ1v) is 6.38. The van der Waals surface area contributed by atoms with Crippen LogP contribution in [0.3, 0.4) is 0 Å². The Morgan fingerprint density at radius 1 is 1.70 bits per heavy atom. The highest BCUT2D eigenvalue weighted by molar-refractivity contribution is 8.06. The van der Waals surface area contributed by atoms with Gasteiger partial charge in [-0.25, -0.2) is 0 Å². The summed E-state index contributed by atoms with van der Waals surface area (Å²) in [5.74, 6) is 0.816. The van der Waals surface area contributed by atoms with E-state index >= 15 is 0 Å². The van der Waals surface area contributed by atoms with Gasteiger partial charge >= 0.3 is 0 Å². The van der Waals surface area contributed by atoms with E-state index in [4.69, 9.17) is 0 Å². The van der Waals surface area contributed by atoms with Gasteiger partial charge in [0.2, 0.25) is 0 Å². The van der Waals surface area contributed by atoms with Gasteiger partial charge in [-0.05, 0) is 12.7 Å². The third-order valence-corrected chi connectivity index (χ3v) is 2.55. The van der Waals surface area contributed by atoms with E-state index in [1.54, 1.807) is 6.92 Å². The van der Waals surface area contributed by atoms with E-state index in [0.717, 1.165) is 5.75 Å². The van der Waals surface area contributed by atoms with Crippen molar-refractivity contribution in [2.75, 3.05) is 5.75 Å². The molecule has 3 nitrogen and oxygen atoms in total. The van der Waals surface area contributed by atoms with E-state index in [2.05, 4.69) is 16.3 Å². The van der Waals surface area contributed by atoms with Gasteiger partial charge in [-0.3, -0.25) is 0 Å². The first-order chi connectivity index (χ1) is 4.45. The summed E-state index contributed by atoms with van der Waals surface area (Å²) in [4.78, 5) is 20.6. The molecule has 62 valence electrons. The predicted octanol–water partition coefficient (Wildman–Crippen LogP) is 0.0472. The minimum Gasteiger partial charge on any atom is -0.812 e. The van der Waals surface area contributed by atoms with Crippen LogP contribution >= 0.6 is 18.5 Å². The second-order valence-electron chi connectivity index (χ2n) is 1.58. The van der Waals surface area contributed by atoms with Crippen molar-refractivity contribution in [3.05, 3.63) is 0 Å². The van der Waals surface area contributed by atoms with E-state index in [1.807, 2.05) is 6.92 Å². The van der Waals surface area contributed by atoms with Crippen LogP contribution in [0, 0.1) is 0 Å². The van der Waals surface area contributed by atoms with Gasteiger partial charge in [0.1, 0.15) is 5.44 Å². The van der Waals surface area contributed by atoms with Crippen molar-refractivity contribution < 1.29 is 14.3 Å². The van der Waals surface area contributed by atoms with Crippen molar-refractivity contribution in [3.63, 3.8) is 0 Å². The Morgan fingerprint density at radius 2 is 2.20 bits per heavy atom. The second kappa shape index (κ2) is 4.70. The van der Waals surface area contributed by atoms with Crippen molar-refractivity contribution in [2.45, 2.75) is 19.3 Å². The van der Waals surface area contributed by atoms with Gasteiger partial charge in [-0.1, -0.05) is 13.6 Å². The largest absolute Gasteiger partial charge is 0.812 e. The van der Waals surface area contributed by atoms with Crippen LogP contribution in [0.1, 0.15) is 13.8 Å². The van der Waals surface area contributed by atoms with Gasteiger partial charge < -0.3 is 14.3 Å². The van der Waals surface area contributed by atoms with Crippen molar-refractivity contribution in [3.8, 4) is 0 Å². The van der Waals surface area contributed by atoms with Crippen LogP contribution in [-0.2, 0) is 16.3 Å². The average Bonchev–Trinajstić information content (AvgIpc) is 1.59. The predicted molar refractivity (Wildman–Crippen MR) is 43.0 cm³/mol. The fourth-order valence-corrected chi connectivity index (χ4v) is 2.41. The molecular formula is C4H9O3PS2-2. The molecule has 0 spiro atoms. The second-order valence-corrected chi connectivity index (χ2v) is 5.60. The van der Waals surface area contributed by atoms with Crippen LogP contribution in [0.25, 0.3) is 0 Å². The van der Waals surface area contributed by atoms with Crippen LogP contribution < -0.4 is 9.79 Å². The Bertz CT molecular complexity index is 134. The van der Waals surface area contributed by atoms with Crippen LogP contribution in [0.4, 0.5) is 0 Å². The Labute approximate surface area is 70.0 Å². The number of rotatable bonds is 4. The maximum atomic E-state index is 10.3. The molecule has 1 atom stereocenters. The van der Waals surface area contributed by atoms with Crippen molar-refractivity contribution >= 4 is 30.3 Å². The number of thioether (sulfide) groups is 1. The molecule has 0 aliphatic heterocycles. The third-order valence-electron chi connectivity index (χ3n) is 0.679. The standard InChI is InChI=1S/C4H11O3PS2/c1-3-10-4(2)7-8(5,6)9/h4H,3H2,1-2H3,(H2,5,6,9)/p-2. The van der Waals surface area contributed by atoms with Crippen LogP contribution in [0.15, 0.2) is 0 Å². The highest BCUT2D eigenvalue weighted by atomic mass is 32.5. The van der Waals surface area contributed by atoms with Crippen LogP contribution in [0.2, 0.25) is 0 Å². The lowest BCUT2D eigenvalue weighted by atomic mass is 10.9. The SMILES string of the molecule is CCSC(C)OP([O-])([O-])=S. The molecule has 6 heteroatoms. The quantitative estimate of drug-likeness (QED) is 0.474. The van der Waals surface area contributed by atoms with Gasteiger partial charge in [-0.2, -0.15) is 0 Å². The van der Waals surface area contributed by atoms with E-state index < -0.39 is 6.72 Å². The van der Waals surface area contributed by atoms with Crippen molar-refractivity contribution in [1.29, 1.82) is 0 Å². The Hall–Kier alpha value is 0.880. The molecule has 0 amide bonds. The summed E-state index contributed by atoms with van der Waals surface area (Å²) in [5.41, 5.74) is -0.356. The highest BCUT2D eigenvalue weighted by Crippen LogP contribution is 2.31. The molecule has 0 aliphatic carbocycles. The maximum Gasteiger partial charge on any atom is 0.102 e. The van der Waals surface area contributed by atoms with Crippen LogP contribution in [-0.4, -0.2) is 11.2 Å². The summed E-state index contributed by atoms with van der Waals surface area (Å²) in [7, 11) is 0.